The molecule has 0 aromatic carbocycles. The van der Waals surface area contributed by atoms with E-state index in [1.54, 1.807) is 11.3 Å². The van der Waals surface area contributed by atoms with E-state index < -0.39 is 11.9 Å². The number of rotatable bonds is 3. The maximum Gasteiger partial charge on any atom is 0.307 e. The van der Waals surface area contributed by atoms with Gasteiger partial charge in [0.2, 0.25) is 5.91 Å². The Labute approximate surface area is 109 Å². The smallest absolute Gasteiger partial charge is 0.307 e. The zero-order chi connectivity index (χ0) is 12.7. The highest BCUT2D eigenvalue weighted by atomic mass is 32.1. The lowest BCUT2D eigenvalue weighted by Crippen LogP contribution is -2.32. The van der Waals surface area contributed by atoms with Crippen LogP contribution in [-0.2, 0) is 9.59 Å². The number of hydrogen-bond donors (Lipinski definition) is 1. The van der Waals surface area contributed by atoms with Gasteiger partial charge >= 0.3 is 5.97 Å². The number of thiophene rings is 1. The summed E-state index contributed by atoms with van der Waals surface area (Å²) in [5, 5.41) is 10.9. The number of carbonyl (C=O) groups is 2. The molecule has 3 rings (SSSR count). The standard InChI is InChI=1S/C13H15NO3S/c15-12(8-7-9(8)13(16)17)14-5-1-3-10(14)11-4-2-6-18-11/h2,4,6,8-10H,1,3,5,7H2,(H,16,17)/t8-,9+,10-/m0/s1. The molecule has 4 nitrogen and oxygen atoms in total. The summed E-state index contributed by atoms with van der Waals surface area (Å²) < 4.78 is 0. The van der Waals surface area contributed by atoms with Crippen molar-refractivity contribution in [2.24, 2.45) is 11.8 Å². The molecule has 1 aromatic heterocycles. The third-order valence-electron chi connectivity index (χ3n) is 3.83. The van der Waals surface area contributed by atoms with Crippen LogP contribution in [0.4, 0.5) is 0 Å². The Bertz CT molecular complexity index is 471. The number of carboxylic acid groups (broad SMARTS) is 1. The first kappa shape index (κ1) is 11.7. The Morgan fingerprint density at radius 1 is 1.39 bits per heavy atom. The van der Waals surface area contributed by atoms with Crippen LogP contribution in [0.2, 0.25) is 0 Å². The number of carbonyl (C=O) groups excluding carboxylic acids is 1. The molecule has 2 aliphatic rings. The minimum atomic E-state index is -0.833. The fourth-order valence-electron chi connectivity index (χ4n) is 2.76. The highest BCUT2D eigenvalue weighted by Crippen LogP contribution is 2.44. The molecule has 1 aliphatic carbocycles. The average Bonchev–Trinajstić information content (AvgIpc) is 2.78. The SMILES string of the molecule is O=C(O)[C@@H]1C[C@@H]1C(=O)N1CCC[C@H]1c1cccs1. The Hall–Kier alpha value is -1.36. The number of aliphatic carboxylic acids is 1. The summed E-state index contributed by atoms with van der Waals surface area (Å²) in [6, 6.07) is 4.23. The molecule has 0 radical (unpaired) electrons. The quantitative estimate of drug-likeness (QED) is 0.911. The molecule has 1 N–H and O–H groups in total. The molecule has 1 saturated carbocycles. The summed E-state index contributed by atoms with van der Waals surface area (Å²) in [7, 11) is 0. The van der Waals surface area contributed by atoms with Crippen LogP contribution >= 0.6 is 11.3 Å². The monoisotopic (exact) mass is 265 g/mol. The van der Waals surface area contributed by atoms with Gasteiger partial charge in [-0.15, -0.1) is 11.3 Å². The Morgan fingerprint density at radius 3 is 2.83 bits per heavy atom. The van der Waals surface area contributed by atoms with Gasteiger partial charge in [0.15, 0.2) is 0 Å². The van der Waals surface area contributed by atoms with Crippen molar-refractivity contribution >= 4 is 23.2 Å². The molecule has 1 saturated heterocycles. The summed E-state index contributed by atoms with van der Waals surface area (Å²) in [4.78, 5) is 26.2. The third kappa shape index (κ3) is 1.92. The molecule has 2 heterocycles. The number of hydrogen-bond acceptors (Lipinski definition) is 3. The maximum atomic E-state index is 12.3. The highest BCUT2D eigenvalue weighted by molar-refractivity contribution is 7.10. The van der Waals surface area contributed by atoms with Crippen molar-refractivity contribution < 1.29 is 14.7 Å². The summed E-state index contributed by atoms with van der Waals surface area (Å²) in [5.41, 5.74) is 0. The molecule has 3 atom stereocenters. The Balaban J connectivity index is 1.72. The van der Waals surface area contributed by atoms with Gasteiger partial charge in [-0.2, -0.15) is 0 Å². The van der Waals surface area contributed by atoms with Gasteiger partial charge in [0, 0.05) is 11.4 Å². The van der Waals surface area contributed by atoms with Crippen molar-refractivity contribution in [3.05, 3.63) is 22.4 Å². The van der Waals surface area contributed by atoms with E-state index in [-0.39, 0.29) is 17.9 Å². The van der Waals surface area contributed by atoms with Crippen LogP contribution in [0.25, 0.3) is 0 Å². The molecule has 0 bridgehead atoms. The lowest BCUT2D eigenvalue weighted by molar-refractivity contribution is -0.142. The Kier molecular flexibility index (Phi) is 2.86. The van der Waals surface area contributed by atoms with E-state index in [0.717, 1.165) is 19.4 Å². The van der Waals surface area contributed by atoms with E-state index in [1.807, 2.05) is 16.3 Å². The van der Waals surface area contributed by atoms with Crippen molar-refractivity contribution in [2.75, 3.05) is 6.54 Å². The number of amides is 1. The van der Waals surface area contributed by atoms with Crippen LogP contribution in [-0.4, -0.2) is 28.4 Å². The number of nitrogens with zero attached hydrogens (tertiary/aromatic N) is 1. The molecule has 1 aromatic rings. The van der Waals surface area contributed by atoms with Crippen LogP contribution in [0.3, 0.4) is 0 Å². The third-order valence-corrected chi connectivity index (χ3v) is 4.81. The van der Waals surface area contributed by atoms with Crippen molar-refractivity contribution in [1.82, 2.24) is 4.90 Å². The summed E-state index contributed by atoms with van der Waals surface area (Å²) in [6.07, 6.45) is 2.53. The molecule has 5 heteroatoms. The lowest BCUT2D eigenvalue weighted by Gasteiger charge is -2.24. The predicted octanol–water partition coefficient (Wildman–Crippen LogP) is 2.13. The number of carboxylic acids is 1. The second-order valence-corrected chi connectivity index (χ2v) is 5.97. The largest absolute Gasteiger partial charge is 0.481 e. The molecule has 0 spiro atoms. The topological polar surface area (TPSA) is 57.6 Å². The van der Waals surface area contributed by atoms with Gasteiger partial charge in [-0.25, -0.2) is 0 Å². The van der Waals surface area contributed by atoms with Crippen LogP contribution in [0.15, 0.2) is 17.5 Å². The zero-order valence-corrected chi connectivity index (χ0v) is 10.7. The number of likely N-dealkylation sites (tertiary alicyclic amines) is 1. The van der Waals surface area contributed by atoms with E-state index in [0.29, 0.717) is 6.42 Å². The Morgan fingerprint density at radius 2 is 2.22 bits per heavy atom. The van der Waals surface area contributed by atoms with Crippen LogP contribution in [0.5, 0.6) is 0 Å². The fourth-order valence-corrected chi connectivity index (χ4v) is 3.63. The molecule has 2 fully saturated rings. The second-order valence-electron chi connectivity index (χ2n) is 4.99. The van der Waals surface area contributed by atoms with E-state index in [4.69, 9.17) is 5.11 Å². The van der Waals surface area contributed by atoms with Gasteiger partial charge in [-0.05, 0) is 30.7 Å². The second kappa shape index (κ2) is 4.39. The molecular formula is C13H15NO3S. The van der Waals surface area contributed by atoms with Gasteiger partial charge < -0.3 is 10.0 Å². The first-order valence-electron chi connectivity index (χ1n) is 6.25. The average molecular weight is 265 g/mol. The van der Waals surface area contributed by atoms with Gasteiger partial charge in [-0.3, -0.25) is 9.59 Å². The lowest BCUT2D eigenvalue weighted by atomic mass is 10.1. The van der Waals surface area contributed by atoms with Gasteiger partial charge in [0.05, 0.1) is 17.9 Å². The van der Waals surface area contributed by atoms with E-state index in [1.165, 1.54) is 4.88 Å². The minimum absolute atomic E-state index is 0.0401. The summed E-state index contributed by atoms with van der Waals surface area (Å²) in [5.74, 6) is -1.51. The molecule has 96 valence electrons. The normalized spacial score (nSPS) is 30.4. The van der Waals surface area contributed by atoms with Crippen LogP contribution < -0.4 is 0 Å². The fraction of sp³-hybridized carbons (Fsp3) is 0.538. The molecule has 18 heavy (non-hydrogen) atoms. The van der Waals surface area contributed by atoms with Crippen LogP contribution in [0, 0.1) is 11.8 Å². The van der Waals surface area contributed by atoms with Gasteiger partial charge in [-0.1, -0.05) is 6.07 Å². The first-order chi connectivity index (χ1) is 8.68. The van der Waals surface area contributed by atoms with E-state index in [2.05, 4.69) is 6.07 Å². The van der Waals surface area contributed by atoms with E-state index in [9.17, 15) is 9.59 Å². The summed E-state index contributed by atoms with van der Waals surface area (Å²) in [6.45, 7) is 0.768. The predicted molar refractivity (Wildman–Crippen MR) is 67.2 cm³/mol. The van der Waals surface area contributed by atoms with Crippen molar-refractivity contribution in [3.63, 3.8) is 0 Å². The molecule has 1 amide bonds. The molecule has 1 aliphatic heterocycles. The van der Waals surface area contributed by atoms with Crippen molar-refractivity contribution in [3.8, 4) is 0 Å². The molecular weight excluding hydrogens is 250 g/mol. The zero-order valence-electron chi connectivity index (χ0n) is 9.91. The van der Waals surface area contributed by atoms with Crippen LogP contribution in [0.1, 0.15) is 30.2 Å². The highest BCUT2D eigenvalue weighted by Gasteiger charge is 2.51. The molecule has 0 unspecified atom stereocenters. The van der Waals surface area contributed by atoms with Gasteiger partial charge in [0.25, 0.3) is 0 Å². The summed E-state index contributed by atoms with van der Waals surface area (Å²) >= 11 is 1.67. The van der Waals surface area contributed by atoms with Crippen molar-refractivity contribution in [2.45, 2.75) is 25.3 Å². The van der Waals surface area contributed by atoms with Gasteiger partial charge in [0.1, 0.15) is 0 Å². The minimum Gasteiger partial charge on any atom is -0.481 e. The first-order valence-corrected chi connectivity index (χ1v) is 7.13. The maximum absolute atomic E-state index is 12.3. The van der Waals surface area contributed by atoms with Crippen molar-refractivity contribution in [1.29, 1.82) is 0 Å². The van der Waals surface area contributed by atoms with E-state index >= 15 is 0 Å².